The van der Waals surface area contributed by atoms with Gasteiger partial charge in [0, 0.05) is 12.1 Å². The maximum absolute atomic E-state index is 14.1. The second-order valence-electron chi connectivity index (χ2n) is 11.2. The van der Waals surface area contributed by atoms with Crippen molar-refractivity contribution >= 4 is 45.9 Å². The molecule has 2 amide bonds. The molecule has 3 N–H and O–H groups in total. The molecule has 228 valence electrons. The van der Waals surface area contributed by atoms with Gasteiger partial charge in [-0.2, -0.15) is 0 Å². The third kappa shape index (κ3) is 7.42. The van der Waals surface area contributed by atoms with Crippen LogP contribution in [0.3, 0.4) is 0 Å². The zero-order chi connectivity index (χ0) is 31.3. The van der Waals surface area contributed by atoms with Gasteiger partial charge in [0.05, 0.1) is 50.3 Å². The first-order valence-corrected chi connectivity index (χ1v) is 14.0. The zero-order valence-corrected chi connectivity index (χ0v) is 25.3. The van der Waals surface area contributed by atoms with E-state index in [1.54, 1.807) is 57.9 Å². The minimum Gasteiger partial charge on any atom is -0.496 e. The highest BCUT2D eigenvalue weighted by Crippen LogP contribution is 2.35. The summed E-state index contributed by atoms with van der Waals surface area (Å²) in [6.07, 6.45) is 0. The molecule has 11 heteroatoms. The summed E-state index contributed by atoms with van der Waals surface area (Å²) in [4.78, 5) is 53.1. The first-order valence-electron chi connectivity index (χ1n) is 14.0. The van der Waals surface area contributed by atoms with Crippen LogP contribution in [0.2, 0.25) is 0 Å². The Hall–Kier alpha value is -4.64. The van der Waals surface area contributed by atoms with E-state index in [-0.39, 0.29) is 25.5 Å². The molecule has 3 aromatic carbocycles. The molecule has 1 aliphatic rings. The number of methoxy groups -OCH3 is 2. The summed E-state index contributed by atoms with van der Waals surface area (Å²) in [6.45, 7) is 7.05. The minimum atomic E-state index is -0.905. The number of nitrogens with one attached hydrogen (secondary N) is 3. The Bertz CT molecular complexity index is 1530. The van der Waals surface area contributed by atoms with Gasteiger partial charge >= 0.3 is 11.9 Å². The molecule has 2 atom stereocenters. The lowest BCUT2D eigenvalue weighted by molar-refractivity contribution is -0.153. The van der Waals surface area contributed by atoms with Crippen LogP contribution in [0.15, 0.2) is 54.6 Å². The number of esters is 2. The highest BCUT2D eigenvalue weighted by Gasteiger charge is 2.33. The summed E-state index contributed by atoms with van der Waals surface area (Å²) in [5.41, 5.74) is 1.88. The first kappa shape index (κ1) is 31.3. The predicted octanol–water partition coefficient (Wildman–Crippen LogP) is 3.40. The van der Waals surface area contributed by atoms with Crippen molar-refractivity contribution < 1.29 is 33.4 Å². The Morgan fingerprint density at radius 3 is 2.51 bits per heavy atom. The van der Waals surface area contributed by atoms with Crippen molar-refractivity contribution in [2.45, 2.75) is 51.9 Å². The summed E-state index contributed by atoms with van der Waals surface area (Å²) >= 11 is 0. The number of hydrogen-bond acceptors (Lipinski definition) is 9. The molecule has 11 nitrogen and oxygen atoms in total. The van der Waals surface area contributed by atoms with Crippen LogP contribution in [0.5, 0.6) is 5.75 Å². The van der Waals surface area contributed by atoms with E-state index in [4.69, 9.17) is 14.2 Å². The third-order valence-electron chi connectivity index (χ3n) is 6.98. The van der Waals surface area contributed by atoms with Gasteiger partial charge in [-0.3, -0.25) is 19.7 Å². The molecule has 0 bridgehead atoms. The van der Waals surface area contributed by atoms with Gasteiger partial charge in [0.2, 0.25) is 5.91 Å². The van der Waals surface area contributed by atoms with Crippen molar-refractivity contribution in [3.8, 4) is 5.75 Å². The van der Waals surface area contributed by atoms with E-state index < -0.39 is 35.5 Å². The number of carbonyl (C=O) groups excluding carboxylic acids is 4. The molecule has 3 aromatic rings. The maximum atomic E-state index is 14.1. The number of hydrogen-bond donors (Lipinski definition) is 3. The van der Waals surface area contributed by atoms with Gasteiger partial charge in [0.1, 0.15) is 17.4 Å². The monoisotopic (exact) mass is 590 g/mol. The number of fused-ring (bicyclic) bond motifs is 2. The van der Waals surface area contributed by atoms with Crippen LogP contribution in [0.25, 0.3) is 10.8 Å². The Kier molecular flexibility index (Phi) is 9.55. The van der Waals surface area contributed by atoms with E-state index in [2.05, 4.69) is 16.0 Å². The van der Waals surface area contributed by atoms with Gasteiger partial charge < -0.3 is 29.7 Å². The molecule has 2 unspecified atom stereocenters. The summed E-state index contributed by atoms with van der Waals surface area (Å²) in [6, 6.07) is 14.6. The standard InChI is InChI=1S/C32H38N4O7/c1-19(33-17-28(37)43-32(2,3)4)29(38)35-25-16-34-24-9-7-8-10-26(24)36(30(25)39)18-23-22-13-11-21(31(40)42-6)15-20(22)12-14-27(23)41-5/h7-15,19,25,33-34H,16-18H2,1-6H3,(H,35,38). The first-order chi connectivity index (χ1) is 20.4. The van der Waals surface area contributed by atoms with Gasteiger partial charge in [-0.25, -0.2) is 4.79 Å². The number of para-hydroxylation sites is 2. The van der Waals surface area contributed by atoms with Crippen LogP contribution in [-0.2, 0) is 30.4 Å². The molecule has 0 aromatic heterocycles. The molecule has 0 fully saturated rings. The van der Waals surface area contributed by atoms with E-state index in [0.717, 1.165) is 22.0 Å². The number of benzene rings is 3. The second-order valence-corrected chi connectivity index (χ2v) is 11.2. The Morgan fingerprint density at radius 2 is 1.81 bits per heavy atom. The topological polar surface area (TPSA) is 135 Å². The molecule has 0 radical (unpaired) electrons. The Labute approximate surface area is 250 Å². The minimum absolute atomic E-state index is 0.133. The van der Waals surface area contributed by atoms with E-state index in [1.165, 1.54) is 7.11 Å². The van der Waals surface area contributed by atoms with Gasteiger partial charge in [0.25, 0.3) is 5.91 Å². The van der Waals surface area contributed by atoms with E-state index in [0.29, 0.717) is 17.0 Å². The lowest BCUT2D eigenvalue weighted by Crippen LogP contribution is -2.55. The van der Waals surface area contributed by atoms with E-state index in [1.807, 2.05) is 36.4 Å². The smallest absolute Gasteiger partial charge is 0.337 e. The van der Waals surface area contributed by atoms with Crippen LogP contribution in [0.4, 0.5) is 11.4 Å². The number of rotatable bonds is 9. The molecular weight excluding hydrogens is 552 g/mol. The van der Waals surface area contributed by atoms with Gasteiger partial charge in [-0.1, -0.05) is 24.3 Å². The van der Waals surface area contributed by atoms with Crippen molar-refractivity contribution in [2.24, 2.45) is 0 Å². The third-order valence-corrected chi connectivity index (χ3v) is 6.98. The van der Waals surface area contributed by atoms with Crippen molar-refractivity contribution in [1.29, 1.82) is 0 Å². The van der Waals surface area contributed by atoms with Crippen molar-refractivity contribution in [2.75, 3.05) is 37.5 Å². The molecule has 4 rings (SSSR count). The molecular formula is C32H38N4O7. The lowest BCUT2D eigenvalue weighted by Gasteiger charge is -2.27. The summed E-state index contributed by atoms with van der Waals surface area (Å²) < 4.78 is 15.9. The largest absolute Gasteiger partial charge is 0.496 e. The normalized spacial score (nSPS) is 15.5. The molecule has 1 aliphatic heterocycles. The fourth-order valence-electron chi connectivity index (χ4n) is 4.88. The molecule has 0 saturated heterocycles. The maximum Gasteiger partial charge on any atom is 0.337 e. The average molecular weight is 591 g/mol. The fraction of sp³-hybridized carbons (Fsp3) is 0.375. The molecule has 43 heavy (non-hydrogen) atoms. The van der Waals surface area contributed by atoms with Crippen LogP contribution in [0.1, 0.15) is 43.6 Å². The summed E-state index contributed by atoms with van der Waals surface area (Å²) in [5, 5.41) is 10.6. The van der Waals surface area contributed by atoms with E-state index in [9.17, 15) is 19.2 Å². The van der Waals surface area contributed by atoms with Crippen LogP contribution in [-0.4, -0.2) is 68.7 Å². The number of amides is 2. The predicted molar refractivity (Wildman–Crippen MR) is 163 cm³/mol. The lowest BCUT2D eigenvalue weighted by atomic mass is 10.00. The quantitative estimate of drug-likeness (QED) is 0.321. The van der Waals surface area contributed by atoms with Gasteiger partial charge in [-0.05, 0) is 68.8 Å². The number of anilines is 2. The zero-order valence-electron chi connectivity index (χ0n) is 25.3. The fourth-order valence-corrected chi connectivity index (χ4v) is 4.88. The molecule has 0 aliphatic carbocycles. The summed E-state index contributed by atoms with van der Waals surface area (Å²) in [7, 11) is 2.89. The van der Waals surface area contributed by atoms with Gasteiger partial charge in [0.15, 0.2) is 0 Å². The highest BCUT2D eigenvalue weighted by atomic mass is 16.6. The second kappa shape index (κ2) is 13.1. The van der Waals surface area contributed by atoms with Crippen LogP contribution >= 0.6 is 0 Å². The number of carbonyl (C=O) groups is 4. The SMILES string of the molecule is COC(=O)c1ccc2c(CN3C(=O)C(NC(=O)C(C)NCC(=O)OC(C)(C)C)CNc4ccccc43)c(OC)ccc2c1. The molecule has 0 spiro atoms. The van der Waals surface area contributed by atoms with Crippen molar-refractivity contribution in [3.05, 3.63) is 65.7 Å². The molecule has 1 heterocycles. The van der Waals surface area contributed by atoms with Gasteiger partial charge in [-0.15, -0.1) is 0 Å². The Balaban J connectivity index is 1.61. The Morgan fingerprint density at radius 1 is 1.07 bits per heavy atom. The van der Waals surface area contributed by atoms with Crippen molar-refractivity contribution in [1.82, 2.24) is 10.6 Å². The van der Waals surface area contributed by atoms with E-state index >= 15 is 0 Å². The van der Waals surface area contributed by atoms with Crippen LogP contribution in [0, 0.1) is 0 Å². The summed E-state index contributed by atoms with van der Waals surface area (Å²) in [5.74, 6) is -1.12. The average Bonchev–Trinajstić information content (AvgIpc) is 3.10. The van der Waals surface area contributed by atoms with Crippen molar-refractivity contribution in [3.63, 3.8) is 0 Å². The number of nitrogens with zero attached hydrogens (tertiary/aromatic N) is 1. The highest BCUT2D eigenvalue weighted by molar-refractivity contribution is 6.04. The molecule has 0 saturated carbocycles. The van der Waals surface area contributed by atoms with Crippen LogP contribution < -0.4 is 25.6 Å². The number of ether oxygens (including phenoxy) is 3.